The highest BCUT2D eigenvalue weighted by molar-refractivity contribution is 6.42. The summed E-state index contributed by atoms with van der Waals surface area (Å²) in [7, 11) is 0. The van der Waals surface area contributed by atoms with E-state index >= 15 is 0 Å². The first-order valence-electron chi connectivity index (χ1n) is 9.76. The van der Waals surface area contributed by atoms with E-state index in [-0.39, 0.29) is 5.91 Å². The van der Waals surface area contributed by atoms with Crippen LogP contribution in [0.3, 0.4) is 0 Å². The van der Waals surface area contributed by atoms with Crippen molar-refractivity contribution in [2.24, 2.45) is 0 Å². The minimum Gasteiger partial charge on any atom is -0.305 e. The fourth-order valence-electron chi connectivity index (χ4n) is 3.30. The lowest BCUT2D eigenvalue weighted by molar-refractivity contribution is 0.102. The number of nitrogens with zero attached hydrogens (tertiary/aromatic N) is 4. The van der Waals surface area contributed by atoms with Crippen LogP contribution in [0.25, 0.3) is 0 Å². The zero-order valence-electron chi connectivity index (χ0n) is 17.1. The molecular formula is C23H21Cl2N5O. The Morgan fingerprint density at radius 2 is 1.65 bits per heavy atom. The number of benzene rings is 2. The molecule has 4 aromatic rings. The Bertz CT molecular complexity index is 1230. The van der Waals surface area contributed by atoms with Crippen LogP contribution >= 0.6 is 23.2 Å². The molecule has 0 saturated carbocycles. The van der Waals surface area contributed by atoms with Crippen molar-refractivity contribution < 1.29 is 4.79 Å². The highest BCUT2D eigenvalue weighted by atomic mass is 35.5. The first-order chi connectivity index (χ1) is 14.9. The van der Waals surface area contributed by atoms with Gasteiger partial charge in [0, 0.05) is 23.5 Å². The van der Waals surface area contributed by atoms with Crippen LogP contribution in [0.4, 0.5) is 5.82 Å². The van der Waals surface area contributed by atoms with E-state index in [2.05, 4.69) is 15.5 Å². The molecule has 1 amide bonds. The van der Waals surface area contributed by atoms with Crippen molar-refractivity contribution in [3.05, 3.63) is 98.9 Å². The fraction of sp³-hybridized carbons (Fsp3) is 0.174. The van der Waals surface area contributed by atoms with Gasteiger partial charge in [-0.3, -0.25) is 14.2 Å². The van der Waals surface area contributed by atoms with Crippen LogP contribution in [-0.2, 0) is 13.1 Å². The Morgan fingerprint density at radius 3 is 2.32 bits per heavy atom. The van der Waals surface area contributed by atoms with Crippen molar-refractivity contribution in [3.8, 4) is 0 Å². The van der Waals surface area contributed by atoms with Gasteiger partial charge < -0.3 is 5.32 Å². The number of aryl methyl sites for hydroxylation is 2. The molecule has 0 aliphatic rings. The summed E-state index contributed by atoms with van der Waals surface area (Å²) in [5, 5.41) is 12.7. The summed E-state index contributed by atoms with van der Waals surface area (Å²) >= 11 is 12.0. The van der Waals surface area contributed by atoms with E-state index in [1.54, 1.807) is 29.1 Å². The lowest BCUT2D eigenvalue weighted by atomic mass is 10.1. The zero-order valence-corrected chi connectivity index (χ0v) is 18.7. The molecule has 0 atom stereocenters. The molecule has 8 heteroatoms. The zero-order chi connectivity index (χ0) is 22.0. The van der Waals surface area contributed by atoms with Crippen molar-refractivity contribution in [1.82, 2.24) is 19.6 Å². The monoisotopic (exact) mass is 453 g/mol. The van der Waals surface area contributed by atoms with E-state index in [1.165, 1.54) is 0 Å². The molecule has 0 spiro atoms. The predicted octanol–water partition coefficient (Wildman–Crippen LogP) is 5.35. The molecule has 2 heterocycles. The molecule has 0 bridgehead atoms. The van der Waals surface area contributed by atoms with Crippen molar-refractivity contribution in [1.29, 1.82) is 0 Å². The van der Waals surface area contributed by atoms with Gasteiger partial charge in [0.2, 0.25) is 0 Å². The topological polar surface area (TPSA) is 64.7 Å². The number of aromatic nitrogens is 4. The summed E-state index contributed by atoms with van der Waals surface area (Å²) in [5.74, 6) is 0.272. The highest BCUT2D eigenvalue weighted by Gasteiger charge is 2.10. The van der Waals surface area contributed by atoms with Gasteiger partial charge in [-0.1, -0.05) is 41.4 Å². The van der Waals surface area contributed by atoms with Gasteiger partial charge in [0.15, 0.2) is 5.82 Å². The number of carbonyl (C=O) groups excluding carboxylic acids is 1. The lowest BCUT2D eigenvalue weighted by Gasteiger charge is -2.07. The third kappa shape index (κ3) is 5.16. The normalized spacial score (nSPS) is 11.0. The second kappa shape index (κ2) is 8.96. The molecule has 158 valence electrons. The smallest absolute Gasteiger partial charge is 0.256 e. The number of anilines is 1. The maximum Gasteiger partial charge on any atom is 0.256 e. The summed E-state index contributed by atoms with van der Waals surface area (Å²) in [4.78, 5) is 12.6. The van der Waals surface area contributed by atoms with Gasteiger partial charge in [-0.2, -0.15) is 10.2 Å². The molecule has 1 N–H and O–H groups in total. The molecule has 0 radical (unpaired) electrons. The number of hydrogen-bond acceptors (Lipinski definition) is 3. The maximum absolute atomic E-state index is 12.6. The quantitative estimate of drug-likeness (QED) is 0.427. The largest absolute Gasteiger partial charge is 0.305 e. The van der Waals surface area contributed by atoms with Crippen molar-refractivity contribution in [2.75, 3.05) is 5.32 Å². The van der Waals surface area contributed by atoms with Crippen LogP contribution in [0.15, 0.2) is 60.8 Å². The minimum absolute atomic E-state index is 0.211. The fourth-order valence-corrected chi connectivity index (χ4v) is 3.62. The molecule has 0 saturated heterocycles. The van der Waals surface area contributed by atoms with E-state index in [0.717, 1.165) is 22.5 Å². The van der Waals surface area contributed by atoms with Gasteiger partial charge in [-0.25, -0.2) is 0 Å². The molecule has 2 aromatic carbocycles. The Morgan fingerprint density at radius 1 is 0.903 bits per heavy atom. The van der Waals surface area contributed by atoms with Gasteiger partial charge in [0.05, 0.1) is 28.8 Å². The summed E-state index contributed by atoms with van der Waals surface area (Å²) in [6.45, 7) is 5.19. The highest BCUT2D eigenvalue weighted by Crippen LogP contribution is 2.23. The summed E-state index contributed by atoms with van der Waals surface area (Å²) in [5.41, 5.74) is 4.71. The van der Waals surface area contributed by atoms with Crippen molar-refractivity contribution in [3.63, 3.8) is 0 Å². The summed E-state index contributed by atoms with van der Waals surface area (Å²) in [6.07, 6.45) is 1.80. The van der Waals surface area contributed by atoms with Crippen LogP contribution in [0, 0.1) is 13.8 Å². The number of amides is 1. The van der Waals surface area contributed by atoms with E-state index in [4.69, 9.17) is 23.2 Å². The maximum atomic E-state index is 12.6. The number of halogens is 2. The van der Waals surface area contributed by atoms with Gasteiger partial charge in [0.1, 0.15) is 0 Å². The van der Waals surface area contributed by atoms with Crippen molar-refractivity contribution in [2.45, 2.75) is 26.9 Å². The second-order valence-electron chi connectivity index (χ2n) is 7.38. The first kappa shape index (κ1) is 21.2. The first-order valence-corrected chi connectivity index (χ1v) is 10.5. The molecule has 0 aliphatic carbocycles. The van der Waals surface area contributed by atoms with Crippen LogP contribution < -0.4 is 5.32 Å². The van der Waals surface area contributed by atoms with E-state index in [0.29, 0.717) is 34.5 Å². The molecule has 0 aliphatic heterocycles. The summed E-state index contributed by atoms with van der Waals surface area (Å²) in [6, 6.07) is 16.7. The Balaban J connectivity index is 1.38. The molecule has 0 unspecified atom stereocenters. The molecule has 0 fully saturated rings. The Hall–Kier alpha value is -3.09. The van der Waals surface area contributed by atoms with Crippen LogP contribution in [0.2, 0.25) is 10.0 Å². The van der Waals surface area contributed by atoms with Crippen LogP contribution in [0.1, 0.15) is 32.9 Å². The average Bonchev–Trinajstić information content (AvgIpc) is 3.30. The standard InChI is InChI=1S/C23H21Cl2N5O/c1-15-11-16(2)30(27-15)14-17-3-6-19(7-4-17)23(31)26-22-9-10-29(28-22)13-18-5-8-20(24)21(25)12-18/h3-12H,13-14H2,1-2H3,(H,26,28,31). The summed E-state index contributed by atoms with van der Waals surface area (Å²) < 4.78 is 3.68. The van der Waals surface area contributed by atoms with Gasteiger partial charge in [-0.15, -0.1) is 0 Å². The average molecular weight is 454 g/mol. The molecule has 31 heavy (non-hydrogen) atoms. The molecule has 6 nitrogen and oxygen atoms in total. The Labute approximate surface area is 190 Å². The van der Waals surface area contributed by atoms with Gasteiger partial charge >= 0.3 is 0 Å². The minimum atomic E-state index is -0.211. The van der Waals surface area contributed by atoms with E-state index < -0.39 is 0 Å². The lowest BCUT2D eigenvalue weighted by Crippen LogP contribution is -2.13. The van der Waals surface area contributed by atoms with E-state index in [9.17, 15) is 4.79 Å². The Kier molecular flexibility index (Phi) is 6.11. The second-order valence-corrected chi connectivity index (χ2v) is 8.20. The predicted molar refractivity (Wildman–Crippen MR) is 123 cm³/mol. The third-order valence-electron chi connectivity index (χ3n) is 4.86. The molecule has 4 rings (SSSR count). The van der Waals surface area contributed by atoms with Crippen LogP contribution in [0.5, 0.6) is 0 Å². The number of nitrogens with one attached hydrogen (secondary N) is 1. The molecule has 2 aromatic heterocycles. The number of carbonyl (C=O) groups is 1. The van der Waals surface area contributed by atoms with E-state index in [1.807, 2.05) is 54.9 Å². The third-order valence-corrected chi connectivity index (χ3v) is 5.60. The number of hydrogen-bond donors (Lipinski definition) is 1. The van der Waals surface area contributed by atoms with Gasteiger partial charge in [-0.05, 0) is 55.3 Å². The molecular weight excluding hydrogens is 433 g/mol. The van der Waals surface area contributed by atoms with Gasteiger partial charge in [0.25, 0.3) is 5.91 Å². The van der Waals surface area contributed by atoms with Crippen LogP contribution in [-0.4, -0.2) is 25.5 Å². The number of rotatable bonds is 6. The van der Waals surface area contributed by atoms with Crippen molar-refractivity contribution >= 4 is 34.9 Å². The SMILES string of the molecule is Cc1cc(C)n(Cc2ccc(C(=O)Nc3ccn(Cc4ccc(Cl)c(Cl)c4)n3)cc2)n1.